The molecule has 130 valence electrons. The van der Waals surface area contributed by atoms with Gasteiger partial charge in [0.25, 0.3) is 0 Å². The van der Waals surface area contributed by atoms with Crippen LogP contribution in [-0.4, -0.2) is 29.5 Å². The van der Waals surface area contributed by atoms with Crippen molar-refractivity contribution in [2.75, 3.05) is 14.2 Å². The minimum absolute atomic E-state index is 0.00923. The Morgan fingerprint density at radius 3 is 2.08 bits per heavy atom. The minimum Gasteiger partial charge on any atom is -0.508 e. The Kier molecular flexibility index (Phi) is 3.92. The fourth-order valence-electron chi connectivity index (χ4n) is 2.71. The molecule has 2 aromatic carbocycles. The zero-order valence-electron chi connectivity index (χ0n) is 13.8. The van der Waals surface area contributed by atoms with Crippen molar-refractivity contribution in [3.8, 4) is 40.1 Å². The second-order valence-electron chi connectivity index (χ2n) is 5.40. The lowest BCUT2D eigenvalue weighted by Gasteiger charge is -2.14. The molecule has 0 amide bonds. The van der Waals surface area contributed by atoms with Crippen LogP contribution in [0.1, 0.15) is 5.56 Å². The van der Waals surface area contributed by atoms with Crippen LogP contribution in [0, 0.1) is 6.92 Å². The number of methoxy groups -OCH3 is 2. The summed E-state index contributed by atoms with van der Waals surface area (Å²) in [6.45, 7) is 1.51. The lowest BCUT2D eigenvalue weighted by atomic mass is 10.1. The van der Waals surface area contributed by atoms with Gasteiger partial charge in [0.2, 0.25) is 16.9 Å². The molecular weight excluding hydrogens is 328 g/mol. The van der Waals surface area contributed by atoms with Crippen molar-refractivity contribution in [1.29, 1.82) is 0 Å². The van der Waals surface area contributed by atoms with Crippen molar-refractivity contribution in [3.05, 3.63) is 40.1 Å². The Labute approximate surface area is 142 Å². The van der Waals surface area contributed by atoms with Crippen molar-refractivity contribution >= 4 is 11.0 Å². The number of hydrogen-bond donors (Lipinski definition) is 3. The predicted molar refractivity (Wildman–Crippen MR) is 90.8 cm³/mol. The summed E-state index contributed by atoms with van der Waals surface area (Å²) in [6.07, 6.45) is 0. The molecule has 0 unspecified atom stereocenters. The molecule has 0 aliphatic heterocycles. The Morgan fingerprint density at radius 1 is 0.920 bits per heavy atom. The summed E-state index contributed by atoms with van der Waals surface area (Å²) in [5, 5.41) is 30.0. The summed E-state index contributed by atoms with van der Waals surface area (Å²) in [6, 6.07) is 5.91. The summed E-state index contributed by atoms with van der Waals surface area (Å²) in [4.78, 5) is 12.8. The molecule has 0 saturated carbocycles. The maximum absolute atomic E-state index is 12.8. The number of hydrogen-bond acceptors (Lipinski definition) is 7. The highest BCUT2D eigenvalue weighted by Crippen LogP contribution is 2.45. The first-order valence-electron chi connectivity index (χ1n) is 7.33. The van der Waals surface area contributed by atoms with Crippen LogP contribution in [0.15, 0.2) is 33.5 Å². The normalized spacial score (nSPS) is 10.8. The molecule has 0 saturated heterocycles. The van der Waals surface area contributed by atoms with E-state index in [2.05, 4.69) is 0 Å². The van der Waals surface area contributed by atoms with E-state index in [0.29, 0.717) is 5.56 Å². The molecule has 0 fully saturated rings. The highest BCUT2D eigenvalue weighted by atomic mass is 16.5. The number of ether oxygens (including phenoxy) is 2. The molecule has 3 N–H and O–H groups in total. The molecule has 0 spiro atoms. The number of aromatic hydroxyl groups is 3. The average molecular weight is 344 g/mol. The maximum atomic E-state index is 12.8. The third-order valence-corrected chi connectivity index (χ3v) is 3.97. The van der Waals surface area contributed by atoms with Crippen molar-refractivity contribution in [1.82, 2.24) is 0 Å². The fourth-order valence-corrected chi connectivity index (χ4v) is 2.71. The second kappa shape index (κ2) is 5.94. The molecule has 7 nitrogen and oxygen atoms in total. The Morgan fingerprint density at radius 2 is 1.52 bits per heavy atom. The van der Waals surface area contributed by atoms with Gasteiger partial charge in [-0.2, -0.15) is 0 Å². The van der Waals surface area contributed by atoms with Crippen LogP contribution in [0.2, 0.25) is 0 Å². The van der Waals surface area contributed by atoms with Crippen LogP contribution in [-0.2, 0) is 0 Å². The molecule has 1 heterocycles. The first kappa shape index (κ1) is 16.5. The summed E-state index contributed by atoms with van der Waals surface area (Å²) >= 11 is 0. The standard InChI is InChI=1S/C18H16O7/c1-8-12(20)11-13(21)18(24-3)16(9-4-6-10(19)7-5-9)25-17(11)14(22)15(8)23-2/h4-7,19-20,22H,1-3H3. The molecule has 7 heteroatoms. The molecule has 0 radical (unpaired) electrons. The monoisotopic (exact) mass is 344 g/mol. The van der Waals surface area contributed by atoms with Crippen LogP contribution in [0.25, 0.3) is 22.3 Å². The number of phenolic OH excluding ortho intramolecular Hbond substituents is 3. The number of phenols is 3. The lowest BCUT2D eigenvalue weighted by Crippen LogP contribution is -2.09. The maximum Gasteiger partial charge on any atom is 0.239 e. The van der Waals surface area contributed by atoms with Gasteiger partial charge in [-0.05, 0) is 31.2 Å². The Hall–Kier alpha value is -3.35. The summed E-state index contributed by atoms with van der Waals surface area (Å²) in [5.41, 5.74) is -0.189. The van der Waals surface area contributed by atoms with Gasteiger partial charge in [-0.15, -0.1) is 0 Å². The number of rotatable bonds is 3. The highest BCUT2D eigenvalue weighted by molar-refractivity contribution is 5.94. The summed E-state index contributed by atoms with van der Waals surface area (Å²) in [5.74, 6) is -0.766. The van der Waals surface area contributed by atoms with E-state index in [0.717, 1.165) is 0 Å². The summed E-state index contributed by atoms with van der Waals surface area (Å²) in [7, 11) is 2.63. The van der Waals surface area contributed by atoms with Gasteiger partial charge < -0.3 is 29.2 Å². The molecule has 0 aliphatic carbocycles. The van der Waals surface area contributed by atoms with Gasteiger partial charge in [-0.1, -0.05) is 0 Å². The minimum atomic E-state index is -0.634. The van der Waals surface area contributed by atoms with E-state index in [9.17, 15) is 20.1 Å². The zero-order valence-corrected chi connectivity index (χ0v) is 13.8. The van der Waals surface area contributed by atoms with E-state index in [-0.39, 0.29) is 45.3 Å². The lowest BCUT2D eigenvalue weighted by molar-refractivity contribution is 0.361. The average Bonchev–Trinajstić information content (AvgIpc) is 2.60. The molecule has 0 atom stereocenters. The smallest absolute Gasteiger partial charge is 0.239 e. The molecule has 25 heavy (non-hydrogen) atoms. The highest BCUT2D eigenvalue weighted by Gasteiger charge is 2.26. The van der Waals surface area contributed by atoms with E-state index in [1.54, 1.807) is 0 Å². The van der Waals surface area contributed by atoms with Crippen molar-refractivity contribution < 1.29 is 29.2 Å². The second-order valence-corrected chi connectivity index (χ2v) is 5.40. The van der Waals surface area contributed by atoms with Gasteiger partial charge in [-0.25, -0.2) is 0 Å². The van der Waals surface area contributed by atoms with E-state index in [1.165, 1.54) is 45.4 Å². The quantitative estimate of drug-likeness (QED) is 0.627. The van der Waals surface area contributed by atoms with Gasteiger partial charge in [0, 0.05) is 11.1 Å². The molecule has 3 aromatic rings. The third-order valence-electron chi connectivity index (χ3n) is 3.97. The number of benzene rings is 2. The van der Waals surface area contributed by atoms with E-state index in [4.69, 9.17) is 13.9 Å². The first-order chi connectivity index (χ1) is 11.9. The Balaban J connectivity index is 2.48. The number of fused-ring (bicyclic) bond motifs is 1. The van der Waals surface area contributed by atoms with E-state index in [1.807, 2.05) is 0 Å². The molecule has 0 bridgehead atoms. The third kappa shape index (κ3) is 2.40. The van der Waals surface area contributed by atoms with Gasteiger partial charge in [0.05, 0.1) is 14.2 Å². The van der Waals surface area contributed by atoms with Crippen LogP contribution >= 0.6 is 0 Å². The molecule has 3 rings (SSSR count). The fraction of sp³-hybridized carbons (Fsp3) is 0.167. The molecule has 1 aromatic heterocycles. The van der Waals surface area contributed by atoms with Gasteiger partial charge in [0.15, 0.2) is 17.1 Å². The largest absolute Gasteiger partial charge is 0.508 e. The topological polar surface area (TPSA) is 109 Å². The van der Waals surface area contributed by atoms with Crippen LogP contribution < -0.4 is 14.9 Å². The van der Waals surface area contributed by atoms with Crippen LogP contribution in [0.3, 0.4) is 0 Å². The zero-order chi connectivity index (χ0) is 18.3. The Bertz CT molecular complexity index is 1020. The van der Waals surface area contributed by atoms with E-state index >= 15 is 0 Å². The predicted octanol–water partition coefficient (Wildman–Crippen LogP) is 2.90. The summed E-state index contributed by atoms with van der Waals surface area (Å²) < 4.78 is 16.0. The van der Waals surface area contributed by atoms with Crippen molar-refractivity contribution in [2.45, 2.75) is 6.92 Å². The van der Waals surface area contributed by atoms with Gasteiger partial charge in [-0.3, -0.25) is 4.79 Å². The van der Waals surface area contributed by atoms with Crippen molar-refractivity contribution in [2.24, 2.45) is 0 Å². The van der Waals surface area contributed by atoms with Crippen LogP contribution in [0.4, 0.5) is 0 Å². The SMILES string of the molecule is COc1c(C)c(O)c2c(=O)c(OC)c(-c3ccc(O)cc3)oc2c1O. The van der Waals surface area contributed by atoms with Gasteiger partial charge in [0.1, 0.15) is 16.9 Å². The van der Waals surface area contributed by atoms with Crippen LogP contribution in [0.5, 0.6) is 28.7 Å². The van der Waals surface area contributed by atoms with Gasteiger partial charge >= 0.3 is 0 Å². The first-order valence-corrected chi connectivity index (χ1v) is 7.33. The van der Waals surface area contributed by atoms with E-state index < -0.39 is 11.2 Å². The van der Waals surface area contributed by atoms with Crippen molar-refractivity contribution in [3.63, 3.8) is 0 Å². The molecule has 0 aliphatic rings. The molecular formula is C18H16O7.